The molecule has 3 N–H and O–H groups in total. The van der Waals surface area contributed by atoms with Gasteiger partial charge in [-0.05, 0) is 37.0 Å². The Kier molecular flexibility index (Phi) is 5.22. The van der Waals surface area contributed by atoms with Crippen molar-refractivity contribution in [3.63, 3.8) is 0 Å². The Balaban J connectivity index is 2.12. The van der Waals surface area contributed by atoms with E-state index in [0.29, 0.717) is 11.0 Å². The van der Waals surface area contributed by atoms with Gasteiger partial charge in [-0.3, -0.25) is 0 Å². The van der Waals surface area contributed by atoms with E-state index in [4.69, 9.17) is 18.0 Å². The van der Waals surface area contributed by atoms with Crippen molar-refractivity contribution in [3.8, 4) is 0 Å². The molecule has 4 heteroatoms. The quantitative estimate of drug-likeness (QED) is 0.794. The molecular formula is C15H21BrN2S. The molecule has 1 aliphatic carbocycles. The van der Waals surface area contributed by atoms with Gasteiger partial charge in [-0.25, -0.2) is 0 Å². The van der Waals surface area contributed by atoms with Gasteiger partial charge in [0.1, 0.15) is 4.99 Å². The first-order valence-corrected chi connectivity index (χ1v) is 8.16. The highest BCUT2D eigenvalue weighted by atomic mass is 79.9. The summed E-state index contributed by atoms with van der Waals surface area (Å²) in [6.07, 6.45) is 6.46. The van der Waals surface area contributed by atoms with Crippen LogP contribution in [0.1, 0.15) is 44.6 Å². The normalized spacial score (nSPS) is 23.1. The van der Waals surface area contributed by atoms with Crippen LogP contribution in [0.3, 0.4) is 0 Å². The van der Waals surface area contributed by atoms with E-state index < -0.39 is 0 Å². The molecule has 0 saturated heterocycles. The Morgan fingerprint density at radius 1 is 1.47 bits per heavy atom. The first kappa shape index (κ1) is 14.8. The second-order valence-corrected chi connectivity index (χ2v) is 6.69. The number of thiocarbonyl (C=S) groups is 1. The molecule has 0 aliphatic heterocycles. The van der Waals surface area contributed by atoms with E-state index in [1.807, 2.05) is 12.1 Å². The molecule has 1 fully saturated rings. The van der Waals surface area contributed by atoms with E-state index >= 15 is 0 Å². The molecule has 0 heterocycles. The standard InChI is InChI=1S/C15H21BrN2S/c1-2-10-4-3-5-12(8-10)18-14-7-6-11(16)9-13(14)15(17)19/h6-7,9-10,12,18H,2-5,8H2,1H3,(H2,17,19). The van der Waals surface area contributed by atoms with Crippen LogP contribution in [0.4, 0.5) is 5.69 Å². The fourth-order valence-corrected chi connectivity index (χ4v) is 3.39. The molecule has 0 aromatic heterocycles. The van der Waals surface area contributed by atoms with Crippen molar-refractivity contribution in [2.24, 2.45) is 11.7 Å². The maximum atomic E-state index is 5.81. The van der Waals surface area contributed by atoms with E-state index in [1.165, 1.54) is 32.1 Å². The minimum absolute atomic E-state index is 0.451. The van der Waals surface area contributed by atoms with Gasteiger partial charge in [-0.1, -0.05) is 54.3 Å². The zero-order valence-corrected chi connectivity index (χ0v) is 13.7. The molecule has 1 aromatic carbocycles. The topological polar surface area (TPSA) is 38.0 Å². The van der Waals surface area contributed by atoms with E-state index in [9.17, 15) is 0 Å². The number of hydrogen-bond acceptors (Lipinski definition) is 2. The van der Waals surface area contributed by atoms with Crippen LogP contribution in [-0.4, -0.2) is 11.0 Å². The third-order valence-electron chi connectivity index (χ3n) is 3.97. The summed E-state index contributed by atoms with van der Waals surface area (Å²) < 4.78 is 1.01. The fourth-order valence-electron chi connectivity index (χ4n) is 2.86. The Morgan fingerprint density at radius 3 is 2.95 bits per heavy atom. The van der Waals surface area contributed by atoms with Crippen LogP contribution in [0.25, 0.3) is 0 Å². The van der Waals surface area contributed by atoms with Crippen LogP contribution in [0.5, 0.6) is 0 Å². The number of nitrogens with two attached hydrogens (primary N) is 1. The van der Waals surface area contributed by atoms with Gasteiger partial charge in [0, 0.05) is 21.8 Å². The summed E-state index contributed by atoms with van der Waals surface area (Å²) in [4.78, 5) is 0.451. The van der Waals surface area contributed by atoms with Crippen molar-refractivity contribution in [2.75, 3.05) is 5.32 Å². The SMILES string of the molecule is CCC1CCCC(Nc2ccc(Br)cc2C(N)=S)C1. The monoisotopic (exact) mass is 340 g/mol. The predicted octanol–water partition coefficient (Wildman–Crippen LogP) is 4.46. The molecule has 1 aliphatic rings. The summed E-state index contributed by atoms with van der Waals surface area (Å²) in [6.45, 7) is 2.28. The van der Waals surface area contributed by atoms with Crippen LogP contribution in [-0.2, 0) is 0 Å². The molecule has 0 radical (unpaired) electrons. The molecule has 0 amide bonds. The molecule has 0 bridgehead atoms. The fraction of sp³-hybridized carbons (Fsp3) is 0.533. The van der Waals surface area contributed by atoms with Gasteiger partial charge in [0.25, 0.3) is 0 Å². The first-order valence-electron chi connectivity index (χ1n) is 6.96. The van der Waals surface area contributed by atoms with Crippen molar-refractivity contribution >= 4 is 38.8 Å². The Labute approximate surface area is 129 Å². The summed E-state index contributed by atoms with van der Waals surface area (Å²) in [5.74, 6) is 0.856. The maximum Gasteiger partial charge on any atom is 0.106 e. The van der Waals surface area contributed by atoms with Crippen molar-refractivity contribution in [1.29, 1.82) is 0 Å². The molecule has 2 atom stereocenters. The molecule has 1 saturated carbocycles. The molecular weight excluding hydrogens is 320 g/mol. The average molecular weight is 341 g/mol. The molecule has 2 rings (SSSR count). The molecule has 1 aromatic rings. The van der Waals surface area contributed by atoms with Gasteiger partial charge >= 0.3 is 0 Å². The zero-order valence-electron chi connectivity index (χ0n) is 11.3. The number of hydrogen-bond donors (Lipinski definition) is 2. The Bertz CT molecular complexity index is 461. The first-order chi connectivity index (χ1) is 9.10. The zero-order chi connectivity index (χ0) is 13.8. The lowest BCUT2D eigenvalue weighted by atomic mass is 9.84. The highest BCUT2D eigenvalue weighted by Gasteiger charge is 2.21. The lowest BCUT2D eigenvalue weighted by molar-refractivity contribution is 0.327. The molecule has 0 spiro atoms. The summed E-state index contributed by atoms with van der Waals surface area (Å²) in [5.41, 5.74) is 7.81. The Hall–Kier alpha value is -0.610. The van der Waals surface area contributed by atoms with E-state index in [1.54, 1.807) is 0 Å². The number of nitrogens with one attached hydrogen (secondary N) is 1. The maximum absolute atomic E-state index is 5.81. The highest BCUT2D eigenvalue weighted by Crippen LogP contribution is 2.30. The lowest BCUT2D eigenvalue weighted by Crippen LogP contribution is -2.28. The summed E-state index contributed by atoms with van der Waals surface area (Å²) in [5, 5.41) is 3.63. The van der Waals surface area contributed by atoms with E-state index in [2.05, 4.69) is 34.2 Å². The number of anilines is 1. The molecule has 2 nitrogen and oxygen atoms in total. The van der Waals surface area contributed by atoms with Gasteiger partial charge in [-0.15, -0.1) is 0 Å². The smallest absolute Gasteiger partial charge is 0.106 e. The molecule has 19 heavy (non-hydrogen) atoms. The number of rotatable bonds is 4. The summed E-state index contributed by atoms with van der Waals surface area (Å²) in [7, 11) is 0. The minimum atomic E-state index is 0.451. The average Bonchev–Trinajstić information content (AvgIpc) is 2.41. The van der Waals surface area contributed by atoms with Gasteiger partial charge in [0.05, 0.1) is 0 Å². The van der Waals surface area contributed by atoms with Crippen LogP contribution in [0.15, 0.2) is 22.7 Å². The molecule has 104 valence electrons. The predicted molar refractivity (Wildman–Crippen MR) is 89.7 cm³/mol. The van der Waals surface area contributed by atoms with Crippen molar-refractivity contribution < 1.29 is 0 Å². The van der Waals surface area contributed by atoms with Gasteiger partial charge in [-0.2, -0.15) is 0 Å². The number of halogens is 1. The van der Waals surface area contributed by atoms with Crippen LogP contribution < -0.4 is 11.1 Å². The van der Waals surface area contributed by atoms with Crippen molar-refractivity contribution in [2.45, 2.75) is 45.1 Å². The lowest BCUT2D eigenvalue weighted by Gasteiger charge is -2.30. The van der Waals surface area contributed by atoms with Crippen LogP contribution in [0.2, 0.25) is 0 Å². The van der Waals surface area contributed by atoms with Gasteiger partial charge < -0.3 is 11.1 Å². The van der Waals surface area contributed by atoms with E-state index in [-0.39, 0.29) is 0 Å². The van der Waals surface area contributed by atoms with E-state index in [0.717, 1.165) is 21.6 Å². The van der Waals surface area contributed by atoms with Crippen molar-refractivity contribution in [3.05, 3.63) is 28.2 Å². The summed E-state index contributed by atoms with van der Waals surface area (Å²) >= 11 is 8.61. The number of benzene rings is 1. The highest BCUT2D eigenvalue weighted by molar-refractivity contribution is 9.10. The second-order valence-electron chi connectivity index (χ2n) is 5.34. The van der Waals surface area contributed by atoms with Gasteiger partial charge in [0.15, 0.2) is 0 Å². The van der Waals surface area contributed by atoms with Crippen LogP contribution in [0, 0.1) is 5.92 Å². The minimum Gasteiger partial charge on any atom is -0.389 e. The third-order valence-corrected chi connectivity index (χ3v) is 4.68. The second kappa shape index (κ2) is 6.71. The van der Waals surface area contributed by atoms with Gasteiger partial charge in [0.2, 0.25) is 0 Å². The molecule has 2 unspecified atom stereocenters. The van der Waals surface area contributed by atoms with Crippen LogP contribution >= 0.6 is 28.1 Å². The Morgan fingerprint density at radius 2 is 2.26 bits per heavy atom. The van der Waals surface area contributed by atoms with Crippen molar-refractivity contribution in [1.82, 2.24) is 0 Å². The largest absolute Gasteiger partial charge is 0.389 e. The third kappa shape index (κ3) is 3.93. The summed E-state index contributed by atoms with van der Waals surface area (Å²) in [6, 6.07) is 6.64.